The fourth-order valence-electron chi connectivity index (χ4n) is 0.871. The van der Waals surface area contributed by atoms with E-state index in [4.69, 9.17) is 4.74 Å². The van der Waals surface area contributed by atoms with Crippen LogP contribution in [-0.4, -0.2) is 25.2 Å². The number of nitrogens with zero attached hydrogens (tertiary/aromatic N) is 1. The van der Waals surface area contributed by atoms with Gasteiger partial charge in [0.15, 0.2) is 0 Å². The molecule has 0 amide bonds. The van der Waals surface area contributed by atoms with E-state index in [1.165, 1.54) is 13.2 Å². The lowest BCUT2D eigenvalue weighted by Crippen LogP contribution is -1.93. The minimum absolute atomic E-state index is 0.396. The van der Waals surface area contributed by atoms with Gasteiger partial charge in [0.25, 0.3) is 0 Å². The van der Waals surface area contributed by atoms with Crippen LogP contribution < -0.4 is 4.74 Å². The molecule has 74 valence electrons. The van der Waals surface area contributed by atoms with Crippen LogP contribution in [0.25, 0.3) is 6.08 Å². The van der Waals surface area contributed by atoms with Crippen LogP contribution >= 0.6 is 0 Å². The summed E-state index contributed by atoms with van der Waals surface area (Å²) in [6.45, 7) is 0. The number of rotatable bonds is 3. The number of pyridine rings is 1. The summed E-state index contributed by atoms with van der Waals surface area (Å²) in [5.41, 5.74) is 0.787. The molecule has 0 radical (unpaired) electrons. The van der Waals surface area contributed by atoms with E-state index in [1.54, 1.807) is 31.6 Å². The van der Waals surface area contributed by atoms with Crippen LogP contribution in [0.2, 0.25) is 0 Å². The maximum atomic E-state index is 10.8. The smallest absolute Gasteiger partial charge is 0.330 e. The molecule has 0 aliphatic rings. The number of carbonyl (C=O) groups is 1. The summed E-state index contributed by atoms with van der Waals surface area (Å²) in [6.07, 6.45) is 6.16. The Kier molecular flexibility index (Phi) is 3.67. The highest BCUT2D eigenvalue weighted by molar-refractivity contribution is 5.86. The van der Waals surface area contributed by atoms with Crippen LogP contribution in [0.3, 0.4) is 0 Å². The van der Waals surface area contributed by atoms with Gasteiger partial charge in [-0.05, 0) is 17.7 Å². The SMILES string of the molecule is COC(=O)/C=C/c1cncc(OC)c1. The van der Waals surface area contributed by atoms with Crippen molar-refractivity contribution < 1.29 is 14.3 Å². The van der Waals surface area contributed by atoms with Crippen LogP contribution in [0.4, 0.5) is 0 Å². The zero-order valence-corrected chi connectivity index (χ0v) is 8.06. The first-order valence-electron chi connectivity index (χ1n) is 4.01. The number of esters is 1. The first-order valence-corrected chi connectivity index (χ1v) is 4.01. The molecule has 0 aromatic carbocycles. The molecule has 0 fully saturated rings. The maximum absolute atomic E-state index is 10.8. The molecular formula is C10H11NO3. The fourth-order valence-corrected chi connectivity index (χ4v) is 0.871. The van der Waals surface area contributed by atoms with Gasteiger partial charge in [0.2, 0.25) is 0 Å². The Morgan fingerprint density at radius 2 is 2.21 bits per heavy atom. The average Bonchev–Trinajstić information content (AvgIpc) is 2.26. The lowest BCUT2D eigenvalue weighted by molar-refractivity contribution is -0.134. The van der Waals surface area contributed by atoms with E-state index in [2.05, 4.69) is 9.72 Å². The highest BCUT2D eigenvalue weighted by Gasteiger charge is 1.94. The van der Waals surface area contributed by atoms with Crippen LogP contribution in [0.1, 0.15) is 5.56 Å². The minimum atomic E-state index is -0.396. The Morgan fingerprint density at radius 3 is 2.86 bits per heavy atom. The predicted octanol–water partition coefficient (Wildman–Crippen LogP) is 1.28. The van der Waals surface area contributed by atoms with Gasteiger partial charge in [0.05, 0.1) is 20.4 Å². The summed E-state index contributed by atoms with van der Waals surface area (Å²) in [7, 11) is 2.89. The largest absolute Gasteiger partial charge is 0.495 e. The summed E-state index contributed by atoms with van der Waals surface area (Å²) in [5.74, 6) is 0.254. The second-order valence-electron chi connectivity index (χ2n) is 2.51. The molecule has 0 N–H and O–H groups in total. The van der Waals surface area contributed by atoms with Gasteiger partial charge >= 0.3 is 5.97 Å². The molecule has 1 heterocycles. The monoisotopic (exact) mass is 193 g/mol. The van der Waals surface area contributed by atoms with Crippen molar-refractivity contribution in [2.45, 2.75) is 0 Å². The number of hydrogen-bond acceptors (Lipinski definition) is 4. The Labute approximate surface area is 82.2 Å². The first-order chi connectivity index (χ1) is 6.76. The van der Waals surface area contributed by atoms with Crippen LogP contribution in [-0.2, 0) is 9.53 Å². The van der Waals surface area contributed by atoms with Gasteiger partial charge in [0, 0.05) is 12.3 Å². The van der Waals surface area contributed by atoms with Gasteiger partial charge < -0.3 is 9.47 Å². The molecule has 14 heavy (non-hydrogen) atoms. The van der Waals surface area contributed by atoms with Gasteiger partial charge in [-0.3, -0.25) is 4.98 Å². The van der Waals surface area contributed by atoms with E-state index < -0.39 is 5.97 Å². The Bertz CT molecular complexity index is 347. The van der Waals surface area contributed by atoms with Crippen molar-refractivity contribution in [3.05, 3.63) is 30.1 Å². The zero-order valence-electron chi connectivity index (χ0n) is 8.06. The summed E-state index contributed by atoms with van der Waals surface area (Å²) in [6, 6.07) is 1.77. The molecule has 0 unspecified atom stereocenters. The maximum Gasteiger partial charge on any atom is 0.330 e. The molecule has 4 heteroatoms. The van der Waals surface area contributed by atoms with Crippen molar-refractivity contribution in [2.75, 3.05) is 14.2 Å². The molecule has 0 saturated carbocycles. The van der Waals surface area contributed by atoms with Gasteiger partial charge in [-0.2, -0.15) is 0 Å². The minimum Gasteiger partial charge on any atom is -0.495 e. The van der Waals surface area contributed by atoms with Gasteiger partial charge in [0.1, 0.15) is 5.75 Å². The molecule has 0 bridgehead atoms. The van der Waals surface area contributed by atoms with Crippen molar-refractivity contribution in [3.8, 4) is 5.75 Å². The van der Waals surface area contributed by atoms with Crippen LogP contribution in [0, 0.1) is 0 Å². The molecule has 1 aromatic heterocycles. The van der Waals surface area contributed by atoms with E-state index >= 15 is 0 Å². The normalized spacial score (nSPS) is 10.1. The molecule has 0 spiro atoms. The fraction of sp³-hybridized carbons (Fsp3) is 0.200. The molecule has 1 rings (SSSR count). The Balaban J connectivity index is 2.76. The third-order valence-electron chi connectivity index (χ3n) is 1.58. The number of hydrogen-bond donors (Lipinski definition) is 0. The highest BCUT2D eigenvalue weighted by Crippen LogP contribution is 2.11. The standard InChI is InChI=1S/C10H11NO3/c1-13-9-5-8(6-11-7-9)3-4-10(12)14-2/h3-7H,1-2H3/b4-3+. The van der Waals surface area contributed by atoms with Crippen molar-refractivity contribution in [1.82, 2.24) is 4.98 Å². The summed E-state index contributed by atoms with van der Waals surface area (Å²) in [4.78, 5) is 14.7. The van der Waals surface area contributed by atoms with Gasteiger partial charge in [-0.25, -0.2) is 4.79 Å². The first kappa shape index (κ1) is 10.2. The van der Waals surface area contributed by atoms with E-state index in [1.807, 2.05) is 0 Å². The summed E-state index contributed by atoms with van der Waals surface area (Å²) < 4.78 is 9.43. The lowest BCUT2D eigenvalue weighted by atomic mass is 10.2. The van der Waals surface area contributed by atoms with Gasteiger partial charge in [-0.15, -0.1) is 0 Å². The third kappa shape index (κ3) is 2.90. The molecule has 0 saturated heterocycles. The molecule has 4 nitrogen and oxygen atoms in total. The van der Waals surface area contributed by atoms with E-state index in [0.29, 0.717) is 5.75 Å². The molecule has 0 aliphatic heterocycles. The number of methoxy groups -OCH3 is 2. The Hall–Kier alpha value is -1.84. The second-order valence-corrected chi connectivity index (χ2v) is 2.51. The number of carbonyl (C=O) groups excluding carboxylic acids is 1. The van der Waals surface area contributed by atoms with E-state index in [0.717, 1.165) is 5.56 Å². The highest BCUT2D eigenvalue weighted by atomic mass is 16.5. The second kappa shape index (κ2) is 5.01. The third-order valence-corrected chi connectivity index (χ3v) is 1.58. The van der Waals surface area contributed by atoms with Crippen molar-refractivity contribution >= 4 is 12.0 Å². The molecule has 0 atom stereocenters. The lowest BCUT2D eigenvalue weighted by Gasteiger charge is -1.98. The van der Waals surface area contributed by atoms with E-state index in [-0.39, 0.29) is 0 Å². The van der Waals surface area contributed by atoms with Gasteiger partial charge in [-0.1, -0.05) is 0 Å². The topological polar surface area (TPSA) is 48.4 Å². The zero-order chi connectivity index (χ0) is 10.4. The Morgan fingerprint density at radius 1 is 1.43 bits per heavy atom. The molecular weight excluding hydrogens is 182 g/mol. The summed E-state index contributed by atoms with van der Waals surface area (Å²) >= 11 is 0. The quantitative estimate of drug-likeness (QED) is 0.536. The van der Waals surface area contributed by atoms with Crippen molar-refractivity contribution in [2.24, 2.45) is 0 Å². The predicted molar refractivity (Wildman–Crippen MR) is 51.8 cm³/mol. The average molecular weight is 193 g/mol. The summed E-state index contributed by atoms with van der Waals surface area (Å²) in [5, 5.41) is 0. The number of aromatic nitrogens is 1. The van der Waals surface area contributed by atoms with Crippen LogP contribution in [0.5, 0.6) is 5.75 Å². The number of ether oxygens (including phenoxy) is 2. The molecule has 0 aliphatic carbocycles. The van der Waals surface area contributed by atoms with Crippen LogP contribution in [0.15, 0.2) is 24.5 Å². The van der Waals surface area contributed by atoms with E-state index in [9.17, 15) is 4.79 Å². The molecule has 1 aromatic rings. The van der Waals surface area contributed by atoms with Crippen molar-refractivity contribution in [3.63, 3.8) is 0 Å². The van der Waals surface area contributed by atoms with Crippen molar-refractivity contribution in [1.29, 1.82) is 0 Å².